The summed E-state index contributed by atoms with van der Waals surface area (Å²) in [6.07, 6.45) is 4.68. The highest BCUT2D eigenvalue weighted by Crippen LogP contribution is 2.24. The van der Waals surface area contributed by atoms with Crippen molar-refractivity contribution >= 4 is 42.2 Å². The van der Waals surface area contributed by atoms with Gasteiger partial charge in [-0.1, -0.05) is 6.92 Å². The van der Waals surface area contributed by atoms with E-state index in [4.69, 9.17) is 0 Å². The zero-order valence-electron chi connectivity index (χ0n) is 14.0. The summed E-state index contributed by atoms with van der Waals surface area (Å²) in [6, 6.07) is 3.81. The Morgan fingerprint density at radius 3 is 2.52 bits per heavy atom. The van der Waals surface area contributed by atoms with Crippen LogP contribution in [0.1, 0.15) is 26.2 Å². The zero-order chi connectivity index (χ0) is 15.2. The average Bonchev–Trinajstić information content (AvgIpc) is 2.48. The van der Waals surface area contributed by atoms with Gasteiger partial charge >= 0.3 is 0 Å². The molecule has 23 heavy (non-hydrogen) atoms. The third-order valence-electron chi connectivity index (χ3n) is 4.23. The Morgan fingerprint density at radius 1 is 1.35 bits per heavy atom. The second-order valence-electron chi connectivity index (χ2n) is 6.11. The van der Waals surface area contributed by atoms with Crippen molar-refractivity contribution in [2.45, 2.75) is 26.2 Å². The van der Waals surface area contributed by atoms with Crippen LogP contribution in [-0.2, 0) is 4.79 Å². The van der Waals surface area contributed by atoms with Crippen molar-refractivity contribution in [3.8, 4) is 0 Å². The van der Waals surface area contributed by atoms with E-state index in [0.717, 1.165) is 18.8 Å². The molecule has 2 rings (SSSR count). The Morgan fingerprint density at radius 2 is 2.00 bits per heavy atom. The molecule has 0 aliphatic carbocycles. The van der Waals surface area contributed by atoms with E-state index in [2.05, 4.69) is 22.5 Å². The molecule has 1 amide bonds. The van der Waals surface area contributed by atoms with Crippen LogP contribution in [0.2, 0.25) is 0 Å². The number of nitrogens with zero attached hydrogens (tertiary/aromatic N) is 2. The fourth-order valence-corrected chi connectivity index (χ4v) is 2.79. The van der Waals surface area contributed by atoms with E-state index in [1.807, 2.05) is 31.1 Å². The highest BCUT2D eigenvalue weighted by atomic mass is 35.5. The van der Waals surface area contributed by atoms with Gasteiger partial charge < -0.3 is 15.5 Å². The first-order valence-electron chi connectivity index (χ1n) is 7.70. The fraction of sp³-hybridized carbons (Fsp3) is 0.625. The lowest BCUT2D eigenvalue weighted by molar-refractivity contribution is -0.117. The number of hydrogen-bond acceptors (Lipinski definition) is 4. The molecule has 5 nitrogen and oxygen atoms in total. The Balaban J connectivity index is 0.00000242. The molecule has 2 heterocycles. The number of hydrogen-bond donors (Lipinski definition) is 2. The lowest BCUT2D eigenvalue weighted by Crippen LogP contribution is -2.32. The fourth-order valence-electron chi connectivity index (χ4n) is 2.79. The quantitative estimate of drug-likeness (QED) is 0.845. The number of carbonyl (C=O) groups is 1. The predicted molar refractivity (Wildman–Crippen MR) is 101 cm³/mol. The molecule has 1 saturated heterocycles. The normalized spacial score (nSPS) is 15.8. The van der Waals surface area contributed by atoms with Crippen LogP contribution in [0.4, 0.5) is 11.5 Å². The van der Waals surface area contributed by atoms with Crippen LogP contribution in [0.25, 0.3) is 0 Å². The van der Waals surface area contributed by atoms with Gasteiger partial charge in [0.2, 0.25) is 5.91 Å². The number of nitrogens with one attached hydrogen (secondary N) is 2. The molecule has 0 spiro atoms. The number of aromatic nitrogens is 1. The molecule has 1 aromatic heterocycles. The Hall–Kier alpha value is -1.04. The van der Waals surface area contributed by atoms with Crippen LogP contribution >= 0.6 is 24.8 Å². The molecule has 0 saturated carbocycles. The third-order valence-corrected chi connectivity index (χ3v) is 4.23. The molecular formula is C16H28Cl2N4O. The second-order valence-corrected chi connectivity index (χ2v) is 6.11. The number of anilines is 2. The maximum absolute atomic E-state index is 12.1. The number of amides is 1. The SMILES string of the molecule is CC(CC(=O)Nc1ccc(N(C)C)cn1)C1CCNCC1.Cl.Cl. The summed E-state index contributed by atoms with van der Waals surface area (Å²) in [6.45, 7) is 4.33. The molecule has 1 fully saturated rings. The summed E-state index contributed by atoms with van der Waals surface area (Å²) in [5.41, 5.74) is 1.02. The molecule has 0 aromatic carbocycles. The molecule has 1 atom stereocenters. The maximum Gasteiger partial charge on any atom is 0.225 e. The molecule has 1 unspecified atom stereocenters. The van der Waals surface area contributed by atoms with Gasteiger partial charge in [0, 0.05) is 20.5 Å². The Labute approximate surface area is 151 Å². The van der Waals surface area contributed by atoms with E-state index in [1.165, 1.54) is 12.8 Å². The van der Waals surface area contributed by atoms with Crippen molar-refractivity contribution in [1.82, 2.24) is 10.3 Å². The smallest absolute Gasteiger partial charge is 0.225 e. The van der Waals surface area contributed by atoms with Crippen LogP contribution < -0.4 is 15.5 Å². The molecule has 1 aliphatic rings. The highest BCUT2D eigenvalue weighted by Gasteiger charge is 2.22. The van der Waals surface area contributed by atoms with Gasteiger partial charge in [0.1, 0.15) is 5.82 Å². The van der Waals surface area contributed by atoms with Gasteiger partial charge in [-0.25, -0.2) is 4.98 Å². The predicted octanol–water partition coefficient (Wildman–Crippen LogP) is 2.96. The zero-order valence-corrected chi connectivity index (χ0v) is 15.7. The first-order chi connectivity index (χ1) is 10.1. The Kier molecular flexibility index (Phi) is 10.2. The second kappa shape index (κ2) is 10.7. The summed E-state index contributed by atoms with van der Waals surface area (Å²) in [5, 5.41) is 6.26. The van der Waals surface area contributed by atoms with Crippen LogP contribution in [0, 0.1) is 11.8 Å². The Bertz CT molecular complexity index is 462. The third kappa shape index (κ3) is 6.94. The van der Waals surface area contributed by atoms with Gasteiger partial charge in [0.15, 0.2) is 0 Å². The molecule has 0 bridgehead atoms. The van der Waals surface area contributed by atoms with Crippen LogP contribution in [0.3, 0.4) is 0 Å². The van der Waals surface area contributed by atoms with Crippen LogP contribution in [-0.4, -0.2) is 38.1 Å². The topological polar surface area (TPSA) is 57.3 Å². The van der Waals surface area contributed by atoms with Gasteiger partial charge in [-0.15, -0.1) is 24.8 Å². The van der Waals surface area contributed by atoms with Crippen molar-refractivity contribution in [3.63, 3.8) is 0 Å². The van der Waals surface area contributed by atoms with E-state index < -0.39 is 0 Å². The first-order valence-corrected chi connectivity index (χ1v) is 7.70. The van der Waals surface area contributed by atoms with Gasteiger partial charge in [-0.3, -0.25) is 4.79 Å². The lowest BCUT2D eigenvalue weighted by atomic mass is 9.84. The molecule has 7 heteroatoms. The molecule has 2 N–H and O–H groups in total. The van der Waals surface area contributed by atoms with Crippen LogP contribution in [0.5, 0.6) is 0 Å². The van der Waals surface area contributed by atoms with Gasteiger partial charge in [0.05, 0.1) is 11.9 Å². The molecule has 132 valence electrons. The van der Waals surface area contributed by atoms with Crippen molar-refractivity contribution in [2.75, 3.05) is 37.4 Å². The number of piperidine rings is 1. The summed E-state index contributed by atoms with van der Waals surface area (Å²) in [7, 11) is 3.94. The maximum atomic E-state index is 12.1. The van der Waals surface area contributed by atoms with E-state index in [0.29, 0.717) is 24.1 Å². The standard InChI is InChI=1S/C16H26N4O.2ClH/c1-12(13-6-8-17-9-7-13)10-16(21)19-15-5-4-14(11-18-15)20(2)3;;/h4-5,11-13,17H,6-10H2,1-3H3,(H,18,19,21);2*1H. The highest BCUT2D eigenvalue weighted by molar-refractivity contribution is 5.90. The monoisotopic (exact) mass is 362 g/mol. The molecule has 1 aromatic rings. The summed E-state index contributed by atoms with van der Waals surface area (Å²) < 4.78 is 0. The minimum Gasteiger partial charge on any atom is -0.376 e. The minimum absolute atomic E-state index is 0. The number of rotatable bonds is 5. The van der Waals surface area contributed by atoms with E-state index in [-0.39, 0.29) is 30.7 Å². The molecule has 0 radical (unpaired) electrons. The van der Waals surface area contributed by atoms with E-state index in [1.54, 1.807) is 6.20 Å². The van der Waals surface area contributed by atoms with Gasteiger partial charge in [-0.05, 0) is 49.9 Å². The number of pyridine rings is 1. The van der Waals surface area contributed by atoms with E-state index >= 15 is 0 Å². The minimum atomic E-state index is 0. The lowest BCUT2D eigenvalue weighted by Gasteiger charge is -2.27. The average molecular weight is 363 g/mol. The van der Waals surface area contributed by atoms with Crippen molar-refractivity contribution < 1.29 is 4.79 Å². The summed E-state index contributed by atoms with van der Waals surface area (Å²) in [4.78, 5) is 18.4. The number of halogens is 2. The summed E-state index contributed by atoms with van der Waals surface area (Å²) in [5.74, 6) is 1.77. The van der Waals surface area contributed by atoms with Crippen molar-refractivity contribution in [1.29, 1.82) is 0 Å². The van der Waals surface area contributed by atoms with Crippen LogP contribution in [0.15, 0.2) is 18.3 Å². The largest absolute Gasteiger partial charge is 0.376 e. The van der Waals surface area contributed by atoms with Crippen molar-refractivity contribution in [2.24, 2.45) is 11.8 Å². The van der Waals surface area contributed by atoms with E-state index in [9.17, 15) is 4.79 Å². The summed E-state index contributed by atoms with van der Waals surface area (Å²) >= 11 is 0. The van der Waals surface area contributed by atoms with Gasteiger partial charge in [0.25, 0.3) is 0 Å². The van der Waals surface area contributed by atoms with Gasteiger partial charge in [-0.2, -0.15) is 0 Å². The molecule has 1 aliphatic heterocycles. The molecular weight excluding hydrogens is 335 g/mol. The van der Waals surface area contributed by atoms with Crippen molar-refractivity contribution in [3.05, 3.63) is 18.3 Å². The first kappa shape index (κ1) is 22.0. The number of carbonyl (C=O) groups excluding carboxylic acids is 1.